The quantitative estimate of drug-likeness (QED) is 0.431. The number of nitrogens with two attached hydrogens (primary N) is 1. The summed E-state index contributed by atoms with van der Waals surface area (Å²) >= 11 is 0. The molecule has 8 nitrogen and oxygen atoms in total. The molecule has 0 spiro atoms. The zero-order valence-electron chi connectivity index (χ0n) is 10.9. The minimum Gasteiger partial charge on any atom is -0.467 e. The van der Waals surface area contributed by atoms with Gasteiger partial charge in [-0.3, -0.25) is 14.9 Å². The molecule has 0 bridgehead atoms. The normalized spacial score (nSPS) is 11.9. The highest BCUT2D eigenvalue weighted by Crippen LogP contribution is 2.22. The zero-order valence-corrected chi connectivity index (χ0v) is 10.9. The fourth-order valence-electron chi connectivity index (χ4n) is 1.72. The molecule has 1 heterocycles. The van der Waals surface area contributed by atoms with Crippen molar-refractivity contribution in [3.63, 3.8) is 0 Å². The SMILES string of the molecule is Nc1ccc(C(=O)NCC(O)c2ccco2)cc1[N+](=O)[O-]. The lowest BCUT2D eigenvalue weighted by atomic mass is 10.1. The van der Waals surface area contributed by atoms with E-state index >= 15 is 0 Å². The summed E-state index contributed by atoms with van der Waals surface area (Å²) in [6.45, 7) is -0.0788. The number of aliphatic hydroxyl groups is 1. The maximum atomic E-state index is 11.9. The Balaban J connectivity index is 2.04. The third-order valence-corrected chi connectivity index (χ3v) is 2.82. The number of amides is 1. The number of benzene rings is 1. The van der Waals surface area contributed by atoms with Gasteiger partial charge in [0.25, 0.3) is 11.6 Å². The maximum absolute atomic E-state index is 11.9. The number of rotatable bonds is 5. The molecule has 0 saturated heterocycles. The molecular formula is C13H13N3O5. The molecule has 2 rings (SSSR count). The largest absolute Gasteiger partial charge is 0.467 e. The van der Waals surface area contributed by atoms with Crippen LogP contribution >= 0.6 is 0 Å². The average Bonchev–Trinajstić information content (AvgIpc) is 2.98. The van der Waals surface area contributed by atoms with Crippen molar-refractivity contribution in [1.82, 2.24) is 5.32 Å². The van der Waals surface area contributed by atoms with Gasteiger partial charge in [0.2, 0.25) is 0 Å². The van der Waals surface area contributed by atoms with Gasteiger partial charge >= 0.3 is 0 Å². The molecule has 0 saturated carbocycles. The van der Waals surface area contributed by atoms with Crippen molar-refractivity contribution >= 4 is 17.3 Å². The fourth-order valence-corrected chi connectivity index (χ4v) is 1.72. The Morgan fingerprint density at radius 1 is 1.48 bits per heavy atom. The molecule has 0 aliphatic heterocycles. The smallest absolute Gasteiger partial charge is 0.292 e. The third-order valence-electron chi connectivity index (χ3n) is 2.82. The van der Waals surface area contributed by atoms with Gasteiger partial charge in [-0.25, -0.2) is 0 Å². The lowest BCUT2D eigenvalue weighted by Gasteiger charge is -2.09. The molecule has 1 amide bonds. The highest BCUT2D eigenvalue weighted by atomic mass is 16.6. The first-order chi connectivity index (χ1) is 9.99. The highest BCUT2D eigenvalue weighted by molar-refractivity contribution is 5.95. The number of anilines is 1. The van der Waals surface area contributed by atoms with E-state index < -0.39 is 16.9 Å². The number of nitrogens with one attached hydrogen (secondary N) is 1. The summed E-state index contributed by atoms with van der Waals surface area (Å²) in [6.07, 6.45) is 0.414. The van der Waals surface area contributed by atoms with E-state index in [2.05, 4.69) is 5.32 Å². The molecule has 0 radical (unpaired) electrons. The molecule has 1 unspecified atom stereocenters. The number of nitrogen functional groups attached to an aromatic ring is 1. The first kappa shape index (κ1) is 14.5. The Morgan fingerprint density at radius 3 is 2.86 bits per heavy atom. The van der Waals surface area contributed by atoms with Crippen molar-refractivity contribution in [1.29, 1.82) is 0 Å². The predicted molar refractivity (Wildman–Crippen MR) is 73.5 cm³/mol. The van der Waals surface area contributed by atoms with E-state index in [-0.39, 0.29) is 23.5 Å². The average molecular weight is 291 g/mol. The maximum Gasteiger partial charge on any atom is 0.292 e. The summed E-state index contributed by atoms with van der Waals surface area (Å²) in [7, 11) is 0. The first-order valence-corrected chi connectivity index (χ1v) is 6.02. The third kappa shape index (κ3) is 3.37. The second-order valence-corrected chi connectivity index (χ2v) is 4.27. The molecule has 4 N–H and O–H groups in total. The fraction of sp³-hybridized carbons (Fsp3) is 0.154. The van der Waals surface area contributed by atoms with Crippen LogP contribution in [0.2, 0.25) is 0 Å². The number of nitro groups is 1. The number of nitrogens with zero attached hydrogens (tertiary/aromatic N) is 1. The van der Waals surface area contributed by atoms with Crippen molar-refractivity contribution in [2.45, 2.75) is 6.10 Å². The second kappa shape index (κ2) is 6.06. The molecule has 0 fully saturated rings. The van der Waals surface area contributed by atoms with Crippen molar-refractivity contribution in [2.24, 2.45) is 0 Å². The van der Waals surface area contributed by atoms with Crippen molar-refractivity contribution < 1.29 is 19.2 Å². The monoisotopic (exact) mass is 291 g/mol. The number of hydrogen-bond acceptors (Lipinski definition) is 6. The van der Waals surface area contributed by atoms with Gasteiger partial charge in [0.05, 0.1) is 17.7 Å². The van der Waals surface area contributed by atoms with Gasteiger partial charge in [0.15, 0.2) is 0 Å². The molecular weight excluding hydrogens is 278 g/mol. The molecule has 8 heteroatoms. The molecule has 2 aromatic rings. The van der Waals surface area contributed by atoms with Gasteiger partial charge in [-0.05, 0) is 24.3 Å². The first-order valence-electron chi connectivity index (χ1n) is 6.02. The van der Waals surface area contributed by atoms with Gasteiger partial charge in [0, 0.05) is 11.6 Å². The van der Waals surface area contributed by atoms with Crippen LogP contribution in [0.25, 0.3) is 0 Å². The predicted octanol–water partition coefficient (Wildman–Crippen LogP) is 1.23. The Hall–Kier alpha value is -2.87. The Kier molecular flexibility index (Phi) is 4.19. The number of hydrogen-bond donors (Lipinski definition) is 3. The van der Waals surface area contributed by atoms with E-state index in [4.69, 9.17) is 10.2 Å². The lowest BCUT2D eigenvalue weighted by molar-refractivity contribution is -0.383. The Bertz CT molecular complexity index is 654. The molecule has 21 heavy (non-hydrogen) atoms. The summed E-state index contributed by atoms with van der Waals surface area (Å²) in [5.74, 6) is -0.234. The summed E-state index contributed by atoms with van der Waals surface area (Å²) in [6, 6.07) is 6.94. The van der Waals surface area contributed by atoms with E-state index in [1.807, 2.05) is 0 Å². The number of aliphatic hydroxyl groups excluding tert-OH is 1. The number of nitro benzene ring substituents is 1. The van der Waals surface area contributed by atoms with E-state index in [1.165, 1.54) is 18.4 Å². The topological polar surface area (TPSA) is 132 Å². The van der Waals surface area contributed by atoms with Gasteiger partial charge < -0.3 is 20.6 Å². The number of furan rings is 1. The van der Waals surface area contributed by atoms with E-state index in [0.717, 1.165) is 6.07 Å². The van der Waals surface area contributed by atoms with Crippen LogP contribution in [0, 0.1) is 10.1 Å². The zero-order chi connectivity index (χ0) is 15.4. The van der Waals surface area contributed by atoms with Gasteiger partial charge in [0.1, 0.15) is 17.6 Å². The highest BCUT2D eigenvalue weighted by Gasteiger charge is 2.17. The molecule has 1 aromatic carbocycles. The van der Waals surface area contributed by atoms with E-state index in [1.54, 1.807) is 12.1 Å². The summed E-state index contributed by atoms with van der Waals surface area (Å²) in [5.41, 5.74) is 5.18. The minimum atomic E-state index is -0.993. The Morgan fingerprint density at radius 2 is 2.24 bits per heavy atom. The number of carbonyl (C=O) groups excluding carboxylic acids is 1. The minimum absolute atomic E-state index is 0.0211. The van der Waals surface area contributed by atoms with E-state index in [0.29, 0.717) is 5.76 Å². The molecule has 1 atom stereocenters. The molecule has 0 aliphatic rings. The Labute approximate surface area is 119 Å². The molecule has 0 aliphatic carbocycles. The van der Waals surface area contributed by atoms with Crippen LogP contribution in [0.1, 0.15) is 22.2 Å². The molecule has 110 valence electrons. The van der Waals surface area contributed by atoms with Crippen LogP contribution < -0.4 is 11.1 Å². The standard InChI is InChI=1S/C13H13N3O5/c14-9-4-3-8(6-10(9)16(19)20)13(18)15-7-11(17)12-2-1-5-21-12/h1-6,11,17H,7,14H2,(H,15,18). The van der Waals surface area contributed by atoms with Crippen molar-refractivity contribution in [2.75, 3.05) is 12.3 Å². The van der Waals surface area contributed by atoms with Crippen molar-refractivity contribution in [3.05, 3.63) is 58.0 Å². The van der Waals surface area contributed by atoms with Crippen molar-refractivity contribution in [3.8, 4) is 0 Å². The summed E-state index contributed by atoms with van der Waals surface area (Å²) in [4.78, 5) is 22.0. The van der Waals surface area contributed by atoms with Crippen LogP contribution in [0.4, 0.5) is 11.4 Å². The van der Waals surface area contributed by atoms with Crippen LogP contribution in [0.15, 0.2) is 41.0 Å². The van der Waals surface area contributed by atoms with E-state index in [9.17, 15) is 20.0 Å². The number of carbonyl (C=O) groups is 1. The van der Waals surface area contributed by atoms with Gasteiger partial charge in [-0.1, -0.05) is 0 Å². The summed E-state index contributed by atoms with van der Waals surface area (Å²) in [5, 5.41) is 23.0. The van der Waals surface area contributed by atoms with Crippen LogP contribution in [-0.2, 0) is 0 Å². The van der Waals surface area contributed by atoms with Gasteiger partial charge in [-0.2, -0.15) is 0 Å². The summed E-state index contributed by atoms with van der Waals surface area (Å²) < 4.78 is 4.99. The molecule has 1 aromatic heterocycles. The van der Waals surface area contributed by atoms with Crippen LogP contribution in [-0.4, -0.2) is 22.5 Å². The van der Waals surface area contributed by atoms with Gasteiger partial charge in [-0.15, -0.1) is 0 Å². The van der Waals surface area contributed by atoms with Crippen LogP contribution in [0.5, 0.6) is 0 Å². The second-order valence-electron chi connectivity index (χ2n) is 4.27. The van der Waals surface area contributed by atoms with Crippen LogP contribution in [0.3, 0.4) is 0 Å². The lowest BCUT2D eigenvalue weighted by Crippen LogP contribution is -2.28.